The lowest BCUT2D eigenvalue weighted by Crippen LogP contribution is -2.19. The summed E-state index contributed by atoms with van der Waals surface area (Å²) in [6, 6.07) is 0. The molecule has 0 bridgehead atoms. The lowest BCUT2D eigenvalue weighted by atomic mass is 9.98. The van der Waals surface area contributed by atoms with E-state index in [1.807, 2.05) is 0 Å². The minimum Gasteiger partial charge on any atom is -0.253 e. The van der Waals surface area contributed by atoms with Crippen LogP contribution in [0.1, 0.15) is 32.6 Å². The van der Waals surface area contributed by atoms with Gasteiger partial charge in [-0.3, -0.25) is 4.31 Å². The maximum atomic E-state index is 4.34. The van der Waals surface area contributed by atoms with Gasteiger partial charge in [0.25, 0.3) is 0 Å². The Bertz CT molecular complexity index is 75.3. The Labute approximate surface area is 69.3 Å². The Morgan fingerprint density at radius 1 is 1.20 bits per heavy atom. The van der Waals surface area contributed by atoms with E-state index in [2.05, 4.69) is 24.0 Å². The third-order valence-corrected chi connectivity index (χ3v) is 2.63. The number of hydrogen-bond donors (Lipinski definition) is 1. The highest BCUT2D eigenvalue weighted by Gasteiger charge is 2.08. The van der Waals surface area contributed by atoms with Crippen LogP contribution in [-0.2, 0) is 0 Å². The molecule has 2 heteroatoms. The molecule has 0 N–H and O–H groups in total. The molecule has 1 nitrogen and oxygen atoms in total. The number of nitrogens with zero attached hydrogens (tertiary/aromatic N) is 1. The van der Waals surface area contributed by atoms with Gasteiger partial charge in [-0.15, -0.1) is 0 Å². The average molecular weight is 159 g/mol. The molecule has 60 valence electrons. The van der Waals surface area contributed by atoms with Gasteiger partial charge in [0.2, 0.25) is 0 Å². The van der Waals surface area contributed by atoms with Crippen molar-refractivity contribution in [3.63, 3.8) is 0 Å². The van der Waals surface area contributed by atoms with Gasteiger partial charge in [0.15, 0.2) is 0 Å². The van der Waals surface area contributed by atoms with Gasteiger partial charge in [-0.1, -0.05) is 19.7 Å². The molecule has 0 saturated carbocycles. The van der Waals surface area contributed by atoms with Gasteiger partial charge < -0.3 is 0 Å². The van der Waals surface area contributed by atoms with Crippen LogP contribution in [0.15, 0.2) is 0 Å². The molecule has 1 fully saturated rings. The van der Waals surface area contributed by atoms with Crippen molar-refractivity contribution < 1.29 is 0 Å². The second kappa shape index (κ2) is 4.24. The minimum absolute atomic E-state index is 0.946. The Hall–Kier alpha value is 0.310. The first kappa shape index (κ1) is 8.41. The number of thiol groups is 1. The number of hydrogen-bond acceptors (Lipinski definition) is 2. The van der Waals surface area contributed by atoms with E-state index in [0.717, 1.165) is 5.92 Å². The van der Waals surface area contributed by atoms with E-state index in [9.17, 15) is 0 Å². The molecule has 0 unspecified atom stereocenters. The Kier molecular flexibility index (Phi) is 3.57. The predicted octanol–water partition coefficient (Wildman–Crippen LogP) is 2.34. The molecular formula is C8H17NS. The molecular weight excluding hydrogens is 142 g/mol. The molecule has 10 heavy (non-hydrogen) atoms. The molecule has 0 amide bonds. The van der Waals surface area contributed by atoms with E-state index >= 15 is 0 Å². The summed E-state index contributed by atoms with van der Waals surface area (Å²) in [4.78, 5) is 0. The second-order valence-corrected chi connectivity index (χ2v) is 3.91. The number of rotatable bonds is 0. The van der Waals surface area contributed by atoms with Crippen molar-refractivity contribution in [1.82, 2.24) is 4.31 Å². The lowest BCUT2D eigenvalue weighted by molar-refractivity contribution is 0.347. The largest absolute Gasteiger partial charge is 0.253 e. The zero-order valence-corrected chi connectivity index (χ0v) is 7.61. The minimum atomic E-state index is 0.946. The summed E-state index contributed by atoms with van der Waals surface area (Å²) in [5, 5.41) is 0. The summed E-state index contributed by atoms with van der Waals surface area (Å²) in [5.41, 5.74) is 0. The fourth-order valence-electron chi connectivity index (χ4n) is 1.50. The average Bonchev–Trinajstić information content (AvgIpc) is 1.84. The van der Waals surface area contributed by atoms with Crippen LogP contribution in [-0.4, -0.2) is 17.4 Å². The molecule has 1 saturated heterocycles. The molecule has 0 radical (unpaired) electrons. The summed E-state index contributed by atoms with van der Waals surface area (Å²) in [6.45, 7) is 4.70. The lowest BCUT2D eigenvalue weighted by Gasteiger charge is -2.21. The van der Waals surface area contributed by atoms with Crippen LogP contribution >= 0.6 is 12.8 Å². The SMILES string of the molecule is CC1CCCN(S)CCC1. The van der Waals surface area contributed by atoms with Gasteiger partial charge in [0, 0.05) is 13.1 Å². The normalized spacial score (nSPS) is 25.8. The Balaban J connectivity index is 2.21. The molecule has 1 aliphatic heterocycles. The standard InChI is InChI=1S/C8H17NS/c1-8-4-2-6-9(10)7-3-5-8/h8,10H,2-7H2,1H3. The van der Waals surface area contributed by atoms with Crippen LogP contribution in [0, 0.1) is 5.92 Å². The Morgan fingerprint density at radius 2 is 1.70 bits per heavy atom. The van der Waals surface area contributed by atoms with Crippen molar-refractivity contribution in [3.05, 3.63) is 0 Å². The van der Waals surface area contributed by atoms with Crippen molar-refractivity contribution in [2.24, 2.45) is 5.92 Å². The highest BCUT2D eigenvalue weighted by Crippen LogP contribution is 2.17. The van der Waals surface area contributed by atoms with Crippen LogP contribution in [0.4, 0.5) is 0 Å². The molecule has 1 rings (SSSR count). The predicted molar refractivity (Wildman–Crippen MR) is 48.2 cm³/mol. The van der Waals surface area contributed by atoms with Crippen molar-refractivity contribution in [1.29, 1.82) is 0 Å². The van der Waals surface area contributed by atoms with Crippen molar-refractivity contribution in [2.45, 2.75) is 32.6 Å². The molecule has 0 aliphatic carbocycles. The summed E-state index contributed by atoms with van der Waals surface area (Å²) < 4.78 is 2.14. The van der Waals surface area contributed by atoms with E-state index in [1.54, 1.807) is 0 Å². The molecule has 0 aromatic rings. The van der Waals surface area contributed by atoms with Gasteiger partial charge in [-0.2, -0.15) is 0 Å². The van der Waals surface area contributed by atoms with E-state index in [0.29, 0.717) is 0 Å². The highest BCUT2D eigenvalue weighted by atomic mass is 32.1. The topological polar surface area (TPSA) is 3.24 Å². The van der Waals surface area contributed by atoms with Crippen LogP contribution < -0.4 is 0 Å². The summed E-state index contributed by atoms with van der Waals surface area (Å²) in [5.74, 6) is 0.946. The molecule has 1 aliphatic rings. The smallest absolute Gasteiger partial charge is 0.00870 e. The summed E-state index contributed by atoms with van der Waals surface area (Å²) in [7, 11) is 0. The second-order valence-electron chi connectivity index (χ2n) is 3.34. The molecule has 0 atom stereocenters. The van der Waals surface area contributed by atoms with Gasteiger partial charge in [-0.25, -0.2) is 0 Å². The highest BCUT2D eigenvalue weighted by molar-refractivity contribution is 7.77. The first-order valence-corrected chi connectivity index (χ1v) is 4.63. The molecule has 1 heterocycles. The fraction of sp³-hybridized carbons (Fsp3) is 1.00. The third-order valence-electron chi connectivity index (χ3n) is 2.23. The van der Waals surface area contributed by atoms with E-state index in [-0.39, 0.29) is 0 Å². The van der Waals surface area contributed by atoms with Crippen molar-refractivity contribution >= 4 is 12.8 Å². The summed E-state index contributed by atoms with van der Waals surface area (Å²) in [6.07, 6.45) is 5.42. The zero-order chi connectivity index (χ0) is 7.40. The third kappa shape index (κ3) is 2.93. The van der Waals surface area contributed by atoms with Crippen molar-refractivity contribution in [2.75, 3.05) is 13.1 Å². The first-order valence-electron chi connectivity index (χ1n) is 4.23. The quantitative estimate of drug-likeness (QED) is 0.531. The van der Waals surface area contributed by atoms with E-state index in [4.69, 9.17) is 0 Å². The van der Waals surface area contributed by atoms with Gasteiger partial charge in [-0.05, 0) is 31.6 Å². The molecule has 0 spiro atoms. The van der Waals surface area contributed by atoms with Crippen molar-refractivity contribution in [3.8, 4) is 0 Å². The maximum Gasteiger partial charge on any atom is 0.00870 e. The monoisotopic (exact) mass is 159 g/mol. The van der Waals surface area contributed by atoms with Crippen LogP contribution in [0.5, 0.6) is 0 Å². The Morgan fingerprint density at radius 3 is 2.20 bits per heavy atom. The van der Waals surface area contributed by atoms with E-state index < -0.39 is 0 Å². The van der Waals surface area contributed by atoms with Gasteiger partial charge in [0.1, 0.15) is 0 Å². The zero-order valence-electron chi connectivity index (χ0n) is 6.71. The molecule has 0 aromatic heterocycles. The van der Waals surface area contributed by atoms with Gasteiger partial charge >= 0.3 is 0 Å². The van der Waals surface area contributed by atoms with Crippen LogP contribution in [0.25, 0.3) is 0 Å². The fourth-order valence-corrected chi connectivity index (χ4v) is 1.78. The van der Waals surface area contributed by atoms with Crippen LogP contribution in [0.3, 0.4) is 0 Å². The maximum absolute atomic E-state index is 4.34. The van der Waals surface area contributed by atoms with E-state index in [1.165, 1.54) is 38.8 Å². The molecule has 0 aromatic carbocycles. The first-order chi connectivity index (χ1) is 4.79. The summed E-state index contributed by atoms with van der Waals surface area (Å²) >= 11 is 4.34. The van der Waals surface area contributed by atoms with Gasteiger partial charge in [0.05, 0.1) is 0 Å². The van der Waals surface area contributed by atoms with Crippen LogP contribution in [0.2, 0.25) is 0 Å².